The molecule has 0 bridgehead atoms. The number of nitrogens with zero attached hydrogens (tertiary/aromatic N) is 4. The van der Waals surface area contributed by atoms with Crippen LogP contribution in [0.3, 0.4) is 0 Å². The third-order valence-electron chi connectivity index (χ3n) is 1.45. The molecular formula is C6H13N7S. The first kappa shape index (κ1) is 10.7. The first-order valence-corrected chi connectivity index (χ1v) is 4.34. The second kappa shape index (κ2) is 4.20. The summed E-state index contributed by atoms with van der Waals surface area (Å²) in [6.45, 7) is 0. The van der Waals surface area contributed by atoms with Gasteiger partial charge in [0.05, 0.1) is 0 Å². The normalized spacial score (nSPS) is 9.93. The van der Waals surface area contributed by atoms with E-state index in [-0.39, 0.29) is 5.95 Å². The number of hydrogen-bond donors (Lipinski definition) is 3. The molecule has 0 amide bonds. The molecule has 0 radical (unpaired) electrons. The molecule has 0 aliphatic rings. The summed E-state index contributed by atoms with van der Waals surface area (Å²) in [4.78, 5) is 5.76. The van der Waals surface area contributed by atoms with Gasteiger partial charge in [0.25, 0.3) is 0 Å². The summed E-state index contributed by atoms with van der Waals surface area (Å²) in [6, 6.07) is 0. The van der Waals surface area contributed by atoms with E-state index in [2.05, 4.69) is 20.9 Å². The van der Waals surface area contributed by atoms with Gasteiger partial charge in [-0.05, 0) is 12.2 Å². The molecule has 0 spiro atoms. The van der Waals surface area contributed by atoms with Crippen LogP contribution in [-0.4, -0.2) is 41.0 Å². The van der Waals surface area contributed by atoms with Crippen LogP contribution in [0.1, 0.15) is 0 Å². The van der Waals surface area contributed by atoms with E-state index < -0.39 is 0 Å². The molecule has 1 aromatic heterocycles. The molecule has 0 atom stereocenters. The molecule has 7 nitrogen and oxygen atoms in total. The fourth-order valence-electron chi connectivity index (χ4n) is 0.812. The predicted molar refractivity (Wildman–Crippen MR) is 59.0 cm³/mol. The highest BCUT2D eigenvalue weighted by Crippen LogP contribution is 2.06. The van der Waals surface area contributed by atoms with E-state index in [1.54, 1.807) is 11.9 Å². The number of rotatable bonds is 2. The summed E-state index contributed by atoms with van der Waals surface area (Å²) in [5.74, 6) is 0.768. The van der Waals surface area contributed by atoms with Crippen LogP contribution in [0.4, 0.5) is 11.9 Å². The lowest BCUT2D eigenvalue weighted by Gasteiger charge is -2.06. The summed E-state index contributed by atoms with van der Waals surface area (Å²) < 4.78 is 1.35. The number of thiocarbonyl (C=S) groups is 1. The van der Waals surface area contributed by atoms with E-state index in [0.717, 1.165) is 0 Å². The predicted octanol–water partition coefficient (Wildman–Crippen LogP) is -1.22. The molecule has 0 unspecified atom stereocenters. The molecule has 78 valence electrons. The van der Waals surface area contributed by atoms with E-state index in [1.165, 1.54) is 4.68 Å². The first-order chi connectivity index (χ1) is 6.56. The zero-order valence-electron chi connectivity index (χ0n) is 8.27. The SMILES string of the molecule is CNNC(=S)n1nc(N(C)C)nc1N. The highest BCUT2D eigenvalue weighted by Gasteiger charge is 2.11. The Hall–Kier alpha value is -1.41. The van der Waals surface area contributed by atoms with E-state index in [4.69, 9.17) is 18.0 Å². The Morgan fingerprint density at radius 2 is 2.21 bits per heavy atom. The molecule has 14 heavy (non-hydrogen) atoms. The van der Waals surface area contributed by atoms with Gasteiger partial charge in [-0.1, -0.05) is 0 Å². The molecule has 1 heterocycles. The second-order valence-corrected chi connectivity index (χ2v) is 3.14. The molecule has 1 aromatic rings. The van der Waals surface area contributed by atoms with Crippen molar-refractivity contribution in [2.24, 2.45) is 0 Å². The minimum Gasteiger partial charge on any atom is -0.368 e. The molecular weight excluding hydrogens is 202 g/mol. The Bertz CT molecular complexity index is 331. The van der Waals surface area contributed by atoms with Crippen molar-refractivity contribution in [3.8, 4) is 0 Å². The van der Waals surface area contributed by atoms with Crippen LogP contribution >= 0.6 is 12.2 Å². The minimum atomic E-state index is 0.251. The van der Waals surface area contributed by atoms with Crippen LogP contribution in [0.5, 0.6) is 0 Å². The van der Waals surface area contributed by atoms with Crippen LogP contribution in [0, 0.1) is 0 Å². The number of nitrogens with one attached hydrogen (secondary N) is 2. The summed E-state index contributed by atoms with van der Waals surface area (Å²) >= 11 is 5.00. The number of aromatic nitrogens is 3. The van der Waals surface area contributed by atoms with Gasteiger partial charge < -0.3 is 10.6 Å². The average Bonchev–Trinajstić information content (AvgIpc) is 2.48. The second-order valence-electron chi connectivity index (χ2n) is 2.76. The molecule has 0 saturated heterocycles. The lowest BCUT2D eigenvalue weighted by Crippen LogP contribution is -2.38. The van der Waals surface area contributed by atoms with Crippen molar-refractivity contribution in [3.05, 3.63) is 0 Å². The van der Waals surface area contributed by atoms with E-state index >= 15 is 0 Å². The van der Waals surface area contributed by atoms with Crippen LogP contribution < -0.4 is 21.5 Å². The fraction of sp³-hybridized carbons (Fsp3) is 0.500. The Morgan fingerprint density at radius 3 is 2.64 bits per heavy atom. The van der Waals surface area contributed by atoms with Crippen LogP contribution in [0.15, 0.2) is 0 Å². The maximum Gasteiger partial charge on any atom is 0.246 e. The maximum atomic E-state index is 5.62. The molecule has 0 aliphatic carbocycles. The largest absolute Gasteiger partial charge is 0.368 e. The lowest BCUT2D eigenvalue weighted by molar-refractivity contribution is 0.738. The fourth-order valence-corrected chi connectivity index (χ4v) is 1.05. The van der Waals surface area contributed by atoms with Gasteiger partial charge in [-0.15, -0.1) is 5.10 Å². The van der Waals surface area contributed by atoms with E-state index in [9.17, 15) is 0 Å². The van der Waals surface area contributed by atoms with Gasteiger partial charge in [0.15, 0.2) is 0 Å². The van der Waals surface area contributed by atoms with Crippen molar-refractivity contribution in [1.29, 1.82) is 0 Å². The summed E-state index contributed by atoms with van der Waals surface area (Å²) in [5.41, 5.74) is 11.0. The van der Waals surface area contributed by atoms with Crippen molar-refractivity contribution in [1.82, 2.24) is 25.6 Å². The van der Waals surface area contributed by atoms with Crippen LogP contribution in [-0.2, 0) is 0 Å². The van der Waals surface area contributed by atoms with Crippen LogP contribution in [0.2, 0.25) is 0 Å². The van der Waals surface area contributed by atoms with Crippen LogP contribution in [0.25, 0.3) is 0 Å². The molecule has 4 N–H and O–H groups in total. The van der Waals surface area contributed by atoms with Crippen molar-refractivity contribution in [2.45, 2.75) is 0 Å². The molecule has 8 heteroatoms. The number of nitrogens with two attached hydrogens (primary N) is 1. The zero-order chi connectivity index (χ0) is 10.7. The summed E-state index contributed by atoms with van der Waals surface area (Å²) in [7, 11) is 5.35. The van der Waals surface area contributed by atoms with Gasteiger partial charge in [0, 0.05) is 21.1 Å². The van der Waals surface area contributed by atoms with Gasteiger partial charge in [0.1, 0.15) is 0 Å². The van der Waals surface area contributed by atoms with E-state index in [1.807, 2.05) is 14.1 Å². The highest BCUT2D eigenvalue weighted by atomic mass is 32.1. The Balaban J connectivity index is 2.92. The maximum absolute atomic E-state index is 5.62. The number of nitrogen functional groups attached to an aromatic ring is 1. The Labute approximate surface area is 87.2 Å². The van der Waals surface area contributed by atoms with Gasteiger partial charge in [-0.2, -0.15) is 9.67 Å². The zero-order valence-corrected chi connectivity index (χ0v) is 9.09. The summed E-state index contributed by atoms with van der Waals surface area (Å²) in [6.07, 6.45) is 0. The lowest BCUT2D eigenvalue weighted by atomic mass is 10.8. The molecule has 0 aromatic carbocycles. The van der Waals surface area contributed by atoms with Gasteiger partial charge in [0.2, 0.25) is 17.0 Å². The number of hydrazine groups is 1. The quantitative estimate of drug-likeness (QED) is 0.421. The smallest absolute Gasteiger partial charge is 0.246 e. The number of anilines is 2. The van der Waals surface area contributed by atoms with Gasteiger partial charge >= 0.3 is 0 Å². The highest BCUT2D eigenvalue weighted by molar-refractivity contribution is 7.80. The van der Waals surface area contributed by atoms with E-state index in [0.29, 0.717) is 11.1 Å². The Kier molecular flexibility index (Phi) is 3.20. The minimum absolute atomic E-state index is 0.251. The van der Waals surface area contributed by atoms with Crippen molar-refractivity contribution >= 4 is 29.2 Å². The molecule has 0 aliphatic heterocycles. The van der Waals surface area contributed by atoms with Crippen molar-refractivity contribution in [2.75, 3.05) is 31.8 Å². The third-order valence-corrected chi connectivity index (χ3v) is 1.72. The van der Waals surface area contributed by atoms with Gasteiger partial charge in [-0.3, -0.25) is 5.43 Å². The van der Waals surface area contributed by atoms with Crippen molar-refractivity contribution < 1.29 is 0 Å². The molecule has 0 fully saturated rings. The first-order valence-electron chi connectivity index (χ1n) is 3.93. The standard InChI is InChI=1S/C6H13N7S/c1-8-10-6(14)13-4(7)9-5(11-13)12(2)3/h8H,1-3H3,(H,10,14)(H2,7,9,11). The monoisotopic (exact) mass is 215 g/mol. The topological polar surface area (TPSA) is 84.0 Å². The van der Waals surface area contributed by atoms with Gasteiger partial charge in [-0.25, -0.2) is 5.43 Å². The molecule has 1 rings (SSSR count). The van der Waals surface area contributed by atoms with Crippen molar-refractivity contribution in [3.63, 3.8) is 0 Å². The Morgan fingerprint density at radius 1 is 1.57 bits per heavy atom. The molecule has 0 saturated carbocycles. The summed E-state index contributed by atoms with van der Waals surface area (Å²) in [5, 5.41) is 4.44. The number of hydrogen-bond acceptors (Lipinski definition) is 6. The third kappa shape index (κ3) is 2.09. The average molecular weight is 215 g/mol.